The summed E-state index contributed by atoms with van der Waals surface area (Å²) >= 11 is 0. The minimum absolute atomic E-state index is 0.136. The fraction of sp³-hybridized carbons (Fsp3) is 0.357. The Morgan fingerprint density at radius 1 is 0.788 bits per heavy atom. The quantitative estimate of drug-likeness (QED) is 0.339. The normalized spacial score (nSPS) is 18.5. The lowest BCUT2D eigenvalue weighted by Gasteiger charge is -2.30. The molecule has 0 aliphatic carbocycles. The average molecular weight is 455 g/mol. The first-order chi connectivity index (χ1) is 16.0. The van der Waals surface area contributed by atoms with E-state index >= 15 is 0 Å². The van der Waals surface area contributed by atoms with Gasteiger partial charge in [0, 0.05) is 11.5 Å². The van der Waals surface area contributed by atoms with E-state index in [-0.39, 0.29) is 29.2 Å². The second kappa shape index (κ2) is 10.5. The maximum absolute atomic E-state index is 14.9. The average Bonchev–Trinajstić information content (AvgIpc) is 2.83. The molecule has 3 aromatic carbocycles. The second-order valence-corrected chi connectivity index (χ2v) is 8.66. The highest BCUT2D eigenvalue weighted by molar-refractivity contribution is 5.71. The number of benzene rings is 3. The SMILES string of the molecule is CCCCCC1OCC(c2ccc(-c3ccc(-c4ccc(C)c(F)c4F)cc3)cc2F)CO1. The maximum atomic E-state index is 14.9. The molecule has 0 amide bonds. The van der Waals surface area contributed by atoms with Gasteiger partial charge in [0.05, 0.1) is 13.2 Å². The third kappa shape index (κ3) is 5.31. The van der Waals surface area contributed by atoms with Crippen LogP contribution in [0.2, 0.25) is 0 Å². The molecule has 174 valence electrons. The van der Waals surface area contributed by atoms with Crippen LogP contribution in [0.4, 0.5) is 13.2 Å². The summed E-state index contributed by atoms with van der Waals surface area (Å²) in [7, 11) is 0. The van der Waals surface area contributed by atoms with Gasteiger partial charge in [0.25, 0.3) is 0 Å². The fourth-order valence-electron chi connectivity index (χ4n) is 4.20. The number of halogens is 3. The van der Waals surface area contributed by atoms with Crippen molar-refractivity contribution in [2.45, 2.75) is 51.7 Å². The molecule has 5 heteroatoms. The Balaban J connectivity index is 1.45. The van der Waals surface area contributed by atoms with Gasteiger partial charge in [-0.05, 0) is 53.6 Å². The molecule has 0 atom stereocenters. The molecule has 0 N–H and O–H groups in total. The minimum Gasteiger partial charge on any atom is -0.352 e. The summed E-state index contributed by atoms with van der Waals surface area (Å²) in [5.41, 5.74) is 3.13. The maximum Gasteiger partial charge on any atom is 0.166 e. The topological polar surface area (TPSA) is 18.5 Å². The first-order valence-corrected chi connectivity index (χ1v) is 11.6. The number of rotatable bonds is 7. The van der Waals surface area contributed by atoms with E-state index in [1.54, 1.807) is 42.5 Å². The van der Waals surface area contributed by atoms with Crippen LogP contribution < -0.4 is 0 Å². The molecule has 0 radical (unpaired) electrons. The molecule has 1 aliphatic heterocycles. The standard InChI is InChI=1S/C28H29F3O2/c1-3-4-5-6-26-32-16-22(17-33-26)23-14-12-21(15-25(23)29)19-8-10-20(11-9-19)24-13-7-18(2)27(30)28(24)31/h7-15,22,26H,3-6,16-17H2,1-2H3. The van der Waals surface area contributed by atoms with Gasteiger partial charge >= 0.3 is 0 Å². The Kier molecular flexibility index (Phi) is 7.51. The monoisotopic (exact) mass is 454 g/mol. The minimum atomic E-state index is -0.859. The van der Waals surface area contributed by atoms with Crippen molar-refractivity contribution in [3.05, 3.63) is 83.2 Å². The summed E-state index contributed by atoms with van der Waals surface area (Å²) < 4.78 is 54.8. The van der Waals surface area contributed by atoms with E-state index in [1.807, 2.05) is 6.07 Å². The highest BCUT2D eigenvalue weighted by atomic mass is 19.2. The summed E-state index contributed by atoms with van der Waals surface area (Å²) in [5.74, 6) is -2.13. The molecule has 1 aliphatic rings. The van der Waals surface area contributed by atoms with Crippen LogP contribution in [0.3, 0.4) is 0 Å². The first kappa shape index (κ1) is 23.5. The van der Waals surface area contributed by atoms with Crippen molar-refractivity contribution in [1.82, 2.24) is 0 Å². The van der Waals surface area contributed by atoms with E-state index in [9.17, 15) is 13.2 Å². The number of hydrogen-bond acceptors (Lipinski definition) is 2. The van der Waals surface area contributed by atoms with Gasteiger partial charge in [-0.2, -0.15) is 0 Å². The molecular formula is C28H29F3O2. The molecule has 1 saturated heterocycles. The molecule has 4 rings (SSSR count). The van der Waals surface area contributed by atoms with Gasteiger partial charge in [0.15, 0.2) is 17.9 Å². The van der Waals surface area contributed by atoms with Crippen molar-refractivity contribution >= 4 is 0 Å². The Hall–Kier alpha value is -2.63. The zero-order valence-electron chi connectivity index (χ0n) is 19.0. The van der Waals surface area contributed by atoms with Gasteiger partial charge < -0.3 is 9.47 Å². The molecular weight excluding hydrogens is 425 g/mol. The van der Waals surface area contributed by atoms with E-state index in [0.29, 0.717) is 29.9 Å². The summed E-state index contributed by atoms with van der Waals surface area (Å²) in [5, 5.41) is 0. The van der Waals surface area contributed by atoms with Crippen LogP contribution in [-0.4, -0.2) is 19.5 Å². The molecule has 0 unspecified atom stereocenters. The molecule has 1 heterocycles. The number of unbranched alkanes of at least 4 members (excludes halogenated alkanes) is 2. The van der Waals surface area contributed by atoms with Crippen molar-refractivity contribution in [2.75, 3.05) is 13.2 Å². The van der Waals surface area contributed by atoms with Crippen LogP contribution in [0.1, 0.15) is 49.7 Å². The van der Waals surface area contributed by atoms with Crippen LogP contribution in [0.25, 0.3) is 22.3 Å². The van der Waals surface area contributed by atoms with E-state index in [1.165, 1.54) is 13.0 Å². The van der Waals surface area contributed by atoms with Crippen molar-refractivity contribution in [2.24, 2.45) is 0 Å². The lowest BCUT2D eigenvalue weighted by Crippen LogP contribution is -2.31. The second-order valence-electron chi connectivity index (χ2n) is 8.66. The number of hydrogen-bond donors (Lipinski definition) is 0. The Morgan fingerprint density at radius 2 is 1.45 bits per heavy atom. The summed E-state index contributed by atoms with van der Waals surface area (Å²) in [6, 6.07) is 15.3. The van der Waals surface area contributed by atoms with E-state index in [4.69, 9.17) is 9.47 Å². The Labute approximate surface area is 193 Å². The van der Waals surface area contributed by atoms with E-state index in [2.05, 4.69) is 6.92 Å². The first-order valence-electron chi connectivity index (χ1n) is 11.6. The lowest BCUT2D eigenvalue weighted by atomic mass is 9.95. The molecule has 0 spiro atoms. The number of ether oxygens (including phenoxy) is 2. The fourth-order valence-corrected chi connectivity index (χ4v) is 4.20. The van der Waals surface area contributed by atoms with Gasteiger partial charge in [-0.3, -0.25) is 0 Å². The van der Waals surface area contributed by atoms with Gasteiger partial charge in [-0.1, -0.05) is 68.3 Å². The van der Waals surface area contributed by atoms with Gasteiger partial charge in [-0.25, -0.2) is 13.2 Å². The molecule has 33 heavy (non-hydrogen) atoms. The third-order valence-corrected chi connectivity index (χ3v) is 6.25. The molecule has 0 saturated carbocycles. The Morgan fingerprint density at radius 3 is 2.12 bits per heavy atom. The molecule has 3 aromatic rings. The van der Waals surface area contributed by atoms with Crippen LogP contribution >= 0.6 is 0 Å². The smallest absolute Gasteiger partial charge is 0.166 e. The molecule has 0 bridgehead atoms. The zero-order valence-corrected chi connectivity index (χ0v) is 19.0. The Bertz CT molecular complexity index is 1090. The van der Waals surface area contributed by atoms with Gasteiger partial charge in [0.1, 0.15) is 5.82 Å². The van der Waals surface area contributed by atoms with Crippen molar-refractivity contribution < 1.29 is 22.6 Å². The van der Waals surface area contributed by atoms with Crippen LogP contribution in [0.5, 0.6) is 0 Å². The highest BCUT2D eigenvalue weighted by Crippen LogP contribution is 2.32. The van der Waals surface area contributed by atoms with Crippen molar-refractivity contribution in [3.63, 3.8) is 0 Å². The highest BCUT2D eigenvalue weighted by Gasteiger charge is 2.25. The number of aryl methyl sites for hydroxylation is 1. The molecule has 1 fully saturated rings. The summed E-state index contributed by atoms with van der Waals surface area (Å²) in [4.78, 5) is 0. The summed E-state index contributed by atoms with van der Waals surface area (Å²) in [6.45, 7) is 4.58. The predicted octanol–water partition coefficient (Wildman–Crippen LogP) is 7.78. The predicted molar refractivity (Wildman–Crippen MR) is 125 cm³/mol. The zero-order chi connectivity index (χ0) is 23.4. The van der Waals surface area contributed by atoms with E-state index < -0.39 is 11.6 Å². The van der Waals surface area contributed by atoms with Crippen molar-refractivity contribution in [1.29, 1.82) is 0 Å². The van der Waals surface area contributed by atoms with Crippen LogP contribution in [-0.2, 0) is 9.47 Å². The third-order valence-electron chi connectivity index (χ3n) is 6.25. The van der Waals surface area contributed by atoms with E-state index in [0.717, 1.165) is 31.2 Å². The molecule has 2 nitrogen and oxygen atoms in total. The lowest BCUT2D eigenvalue weighted by molar-refractivity contribution is -0.190. The molecule has 0 aromatic heterocycles. The van der Waals surface area contributed by atoms with Crippen molar-refractivity contribution in [3.8, 4) is 22.3 Å². The van der Waals surface area contributed by atoms with Crippen LogP contribution in [0, 0.1) is 24.4 Å². The van der Waals surface area contributed by atoms with Gasteiger partial charge in [0.2, 0.25) is 0 Å². The van der Waals surface area contributed by atoms with Gasteiger partial charge in [-0.15, -0.1) is 0 Å². The van der Waals surface area contributed by atoms with Crippen LogP contribution in [0.15, 0.2) is 54.6 Å². The summed E-state index contributed by atoms with van der Waals surface area (Å²) in [6.07, 6.45) is 4.05. The largest absolute Gasteiger partial charge is 0.352 e.